The zero-order chi connectivity index (χ0) is 22.4. The molecule has 2 aromatic carbocycles. The molecule has 0 unspecified atom stereocenters. The molecule has 0 fully saturated rings. The van der Waals surface area contributed by atoms with Gasteiger partial charge in [-0.2, -0.15) is 17.5 Å². The fourth-order valence-corrected chi connectivity index (χ4v) is 5.78. The second kappa shape index (κ2) is 7.95. The van der Waals surface area contributed by atoms with Crippen molar-refractivity contribution < 1.29 is 21.6 Å². The SMILES string of the molecule is CN1CCN(c2ccc(C(F)(F)F)cc2Cl)c2ccc(S(=O)(=O)Cc3ncns3)cc21. The van der Waals surface area contributed by atoms with Gasteiger partial charge < -0.3 is 9.80 Å². The van der Waals surface area contributed by atoms with Crippen molar-refractivity contribution >= 4 is 50.0 Å². The Hall–Kier alpha value is -2.37. The molecule has 0 saturated heterocycles. The Labute approximate surface area is 186 Å². The number of nitrogens with zero attached hydrogens (tertiary/aromatic N) is 4. The summed E-state index contributed by atoms with van der Waals surface area (Å²) in [5.41, 5.74) is 0.896. The van der Waals surface area contributed by atoms with E-state index in [2.05, 4.69) is 9.36 Å². The summed E-state index contributed by atoms with van der Waals surface area (Å²) in [4.78, 5) is 7.75. The van der Waals surface area contributed by atoms with Gasteiger partial charge in [-0.25, -0.2) is 13.4 Å². The number of likely N-dealkylation sites (N-methyl/N-ethyl adjacent to an activating group) is 1. The van der Waals surface area contributed by atoms with Crippen molar-refractivity contribution in [2.45, 2.75) is 16.8 Å². The minimum atomic E-state index is -4.49. The van der Waals surface area contributed by atoms with Crippen LogP contribution >= 0.6 is 23.1 Å². The van der Waals surface area contributed by atoms with Crippen molar-refractivity contribution in [3.05, 3.63) is 58.3 Å². The van der Waals surface area contributed by atoms with Crippen LogP contribution in [0.2, 0.25) is 5.02 Å². The largest absolute Gasteiger partial charge is 0.416 e. The molecule has 1 aliphatic rings. The number of fused-ring (bicyclic) bond motifs is 1. The highest BCUT2D eigenvalue weighted by Crippen LogP contribution is 2.42. The van der Waals surface area contributed by atoms with Gasteiger partial charge in [-0.05, 0) is 47.9 Å². The Morgan fingerprint density at radius 2 is 1.84 bits per heavy atom. The van der Waals surface area contributed by atoms with Crippen LogP contribution < -0.4 is 9.80 Å². The lowest BCUT2D eigenvalue weighted by Crippen LogP contribution is -2.36. The third-order valence-electron chi connectivity index (χ3n) is 4.95. The van der Waals surface area contributed by atoms with E-state index in [9.17, 15) is 21.6 Å². The van der Waals surface area contributed by atoms with Crippen molar-refractivity contribution in [2.24, 2.45) is 0 Å². The van der Waals surface area contributed by atoms with Gasteiger partial charge in [0.25, 0.3) is 0 Å². The molecule has 4 rings (SSSR count). The van der Waals surface area contributed by atoms with Crippen LogP contribution in [-0.4, -0.2) is 37.9 Å². The van der Waals surface area contributed by atoms with Crippen LogP contribution in [0, 0.1) is 0 Å². The molecule has 31 heavy (non-hydrogen) atoms. The van der Waals surface area contributed by atoms with Crippen molar-refractivity contribution in [1.29, 1.82) is 0 Å². The Morgan fingerprint density at radius 3 is 2.48 bits per heavy atom. The number of rotatable bonds is 4. The number of benzene rings is 2. The van der Waals surface area contributed by atoms with E-state index >= 15 is 0 Å². The van der Waals surface area contributed by atoms with Gasteiger partial charge in [-0.1, -0.05) is 11.6 Å². The van der Waals surface area contributed by atoms with E-state index < -0.39 is 21.6 Å². The maximum atomic E-state index is 13.0. The van der Waals surface area contributed by atoms with Gasteiger partial charge in [-0.3, -0.25) is 0 Å². The molecule has 0 amide bonds. The lowest BCUT2D eigenvalue weighted by molar-refractivity contribution is -0.137. The molecule has 0 N–H and O–H groups in total. The van der Waals surface area contributed by atoms with Crippen LogP contribution in [0.5, 0.6) is 0 Å². The molecule has 0 radical (unpaired) electrons. The van der Waals surface area contributed by atoms with Gasteiger partial charge in [0.1, 0.15) is 17.1 Å². The summed E-state index contributed by atoms with van der Waals surface area (Å²) in [6, 6.07) is 7.91. The smallest absolute Gasteiger partial charge is 0.371 e. The van der Waals surface area contributed by atoms with Crippen LogP contribution in [0.25, 0.3) is 0 Å². The first kappa shape index (κ1) is 21.8. The van der Waals surface area contributed by atoms with Gasteiger partial charge in [-0.15, -0.1) is 0 Å². The second-order valence-corrected chi connectivity index (χ2v) is 10.2. The van der Waals surface area contributed by atoms with Crippen LogP contribution in [0.3, 0.4) is 0 Å². The molecular weight excluding hydrogens is 473 g/mol. The van der Waals surface area contributed by atoms with Crippen LogP contribution in [0.15, 0.2) is 47.6 Å². The number of aromatic nitrogens is 2. The molecular formula is C19H16ClF3N4O2S2. The summed E-state index contributed by atoms with van der Waals surface area (Å²) in [6.45, 7) is 1.01. The van der Waals surface area contributed by atoms with Crippen LogP contribution in [-0.2, 0) is 21.8 Å². The van der Waals surface area contributed by atoms with E-state index in [1.807, 2.05) is 11.9 Å². The predicted octanol–water partition coefficient (Wildman–Crippen LogP) is 4.77. The summed E-state index contributed by atoms with van der Waals surface area (Å²) < 4.78 is 68.4. The van der Waals surface area contributed by atoms with Gasteiger partial charge in [0.2, 0.25) is 0 Å². The molecule has 1 aliphatic heterocycles. The first-order valence-electron chi connectivity index (χ1n) is 9.04. The maximum absolute atomic E-state index is 13.0. The van der Waals surface area contributed by atoms with Gasteiger partial charge in [0.05, 0.1) is 32.5 Å². The first-order valence-corrected chi connectivity index (χ1v) is 11.8. The number of hydrogen-bond donors (Lipinski definition) is 0. The van der Waals surface area contributed by atoms with E-state index in [1.165, 1.54) is 18.5 Å². The molecule has 0 spiro atoms. The first-order chi connectivity index (χ1) is 14.6. The second-order valence-electron chi connectivity index (χ2n) is 6.98. The Bertz CT molecular complexity index is 1220. The average molecular weight is 489 g/mol. The number of sulfone groups is 1. The summed E-state index contributed by atoms with van der Waals surface area (Å²) in [5, 5.41) is 0.363. The molecule has 0 atom stereocenters. The fraction of sp³-hybridized carbons (Fsp3) is 0.263. The number of hydrogen-bond acceptors (Lipinski definition) is 7. The van der Waals surface area contributed by atoms with Crippen molar-refractivity contribution in [2.75, 3.05) is 29.9 Å². The quantitative estimate of drug-likeness (QED) is 0.527. The molecule has 0 bridgehead atoms. The molecule has 6 nitrogen and oxygen atoms in total. The van der Waals surface area contributed by atoms with E-state index in [0.717, 1.165) is 23.7 Å². The average Bonchev–Trinajstić information content (AvgIpc) is 3.20. The summed E-state index contributed by atoms with van der Waals surface area (Å²) in [5.74, 6) is -0.255. The Morgan fingerprint density at radius 1 is 1.10 bits per heavy atom. The lowest BCUT2D eigenvalue weighted by atomic mass is 10.1. The number of halogens is 4. The minimum Gasteiger partial charge on any atom is -0.371 e. The number of alkyl halides is 3. The predicted molar refractivity (Wildman–Crippen MR) is 114 cm³/mol. The van der Waals surface area contributed by atoms with E-state index in [4.69, 9.17) is 11.6 Å². The monoisotopic (exact) mass is 488 g/mol. The van der Waals surface area contributed by atoms with Crippen molar-refractivity contribution in [3.8, 4) is 0 Å². The van der Waals surface area contributed by atoms with E-state index in [1.54, 1.807) is 17.0 Å². The standard InChI is InChI=1S/C19H16ClF3N4O2S2/c1-26-6-7-27(15-4-2-12(8-14(15)20)19(21,22)23)16-5-3-13(9-17(16)26)31(28,29)10-18-24-11-25-30-18/h2-5,8-9,11H,6-7,10H2,1H3. The van der Waals surface area contributed by atoms with Gasteiger partial charge >= 0.3 is 6.18 Å². The van der Waals surface area contributed by atoms with E-state index in [-0.39, 0.29) is 15.7 Å². The molecule has 12 heteroatoms. The third kappa shape index (κ3) is 4.35. The summed E-state index contributed by atoms with van der Waals surface area (Å²) in [6.07, 6.45) is -3.18. The van der Waals surface area contributed by atoms with Gasteiger partial charge in [0.15, 0.2) is 9.84 Å². The highest BCUT2D eigenvalue weighted by atomic mass is 35.5. The summed E-state index contributed by atoms with van der Waals surface area (Å²) >= 11 is 7.21. The molecule has 0 saturated carbocycles. The molecule has 164 valence electrons. The molecule has 0 aliphatic carbocycles. The maximum Gasteiger partial charge on any atom is 0.416 e. The third-order valence-corrected chi connectivity index (χ3v) is 7.72. The topological polar surface area (TPSA) is 66.4 Å². The molecule has 2 heterocycles. The van der Waals surface area contributed by atoms with Gasteiger partial charge in [0, 0.05) is 20.1 Å². The zero-order valence-electron chi connectivity index (χ0n) is 16.1. The molecule has 1 aromatic heterocycles. The summed E-state index contributed by atoms with van der Waals surface area (Å²) in [7, 11) is -1.82. The van der Waals surface area contributed by atoms with Crippen molar-refractivity contribution in [1.82, 2.24) is 9.36 Å². The molecule has 3 aromatic rings. The lowest BCUT2D eigenvalue weighted by Gasteiger charge is -2.37. The normalized spacial score (nSPS) is 14.6. The Balaban J connectivity index is 1.71. The number of anilines is 3. The highest BCUT2D eigenvalue weighted by molar-refractivity contribution is 7.90. The van der Waals surface area contributed by atoms with E-state index in [0.29, 0.717) is 35.2 Å². The van der Waals surface area contributed by atoms with Crippen LogP contribution in [0.1, 0.15) is 10.6 Å². The minimum absolute atomic E-state index is 0.0294. The van der Waals surface area contributed by atoms with Crippen molar-refractivity contribution in [3.63, 3.8) is 0 Å². The zero-order valence-corrected chi connectivity index (χ0v) is 18.5. The Kier molecular flexibility index (Phi) is 5.61. The fourth-order valence-electron chi connectivity index (χ4n) is 3.38. The highest BCUT2D eigenvalue weighted by Gasteiger charge is 2.32. The van der Waals surface area contributed by atoms with Crippen LogP contribution in [0.4, 0.5) is 30.2 Å².